The molecule has 0 bridgehead atoms. The number of hydrazine groups is 1. The lowest BCUT2D eigenvalue weighted by atomic mass is 10.1. The van der Waals surface area contributed by atoms with E-state index in [9.17, 15) is 14.4 Å². The number of aliphatic imine (C=N–C) groups is 1. The summed E-state index contributed by atoms with van der Waals surface area (Å²) in [5.74, 6) is -0.314. The Kier molecular flexibility index (Phi) is 9.50. The zero-order valence-electron chi connectivity index (χ0n) is 16.9. The van der Waals surface area contributed by atoms with Crippen LogP contribution in [0.25, 0.3) is 0 Å². The topological polar surface area (TPSA) is 117 Å². The van der Waals surface area contributed by atoms with Gasteiger partial charge in [0.1, 0.15) is 5.82 Å². The molecular weight excluding hydrogens is 373 g/mol. The van der Waals surface area contributed by atoms with Gasteiger partial charge in [0.15, 0.2) is 0 Å². The maximum atomic E-state index is 13.0. The maximum Gasteiger partial charge on any atom is 0.233 e. The fraction of sp³-hybridized carbons (Fsp3) is 0.238. The standard InChI is InChI=1S/C21H28FN5O2/c1-14(2)19(25-13-28)10-5-15(3)20(24)21(16(4)23)26-27(29)12-11-17-6-8-18(22)9-7-17/h5-10,13,26,29H,1,11-12,23-24H2,2-4H3/b10-5-,20-15+,21-16+,25-19?. The highest BCUT2D eigenvalue weighted by atomic mass is 19.1. The molecule has 6 N–H and O–H groups in total. The predicted molar refractivity (Wildman–Crippen MR) is 113 cm³/mol. The summed E-state index contributed by atoms with van der Waals surface area (Å²) < 4.78 is 13.0. The number of allylic oxidation sites excluding steroid dienone is 5. The number of amides is 1. The second kappa shape index (κ2) is 11.6. The van der Waals surface area contributed by atoms with Gasteiger partial charge in [0.25, 0.3) is 0 Å². The van der Waals surface area contributed by atoms with Crippen molar-refractivity contribution in [3.05, 3.63) is 82.6 Å². The highest BCUT2D eigenvalue weighted by molar-refractivity contribution is 6.10. The first-order chi connectivity index (χ1) is 13.6. The highest BCUT2D eigenvalue weighted by Crippen LogP contribution is 2.12. The first-order valence-electron chi connectivity index (χ1n) is 8.91. The maximum absolute atomic E-state index is 13.0. The third-order valence-electron chi connectivity index (χ3n) is 3.98. The van der Waals surface area contributed by atoms with Crippen LogP contribution in [0.15, 0.2) is 76.2 Å². The largest absolute Gasteiger partial charge is 0.401 e. The number of nitrogens with two attached hydrogens (primary N) is 2. The van der Waals surface area contributed by atoms with Gasteiger partial charge in [-0.1, -0.05) is 24.8 Å². The minimum Gasteiger partial charge on any atom is -0.401 e. The predicted octanol–water partition coefficient (Wildman–Crippen LogP) is 2.72. The van der Waals surface area contributed by atoms with Gasteiger partial charge in [0.2, 0.25) is 6.41 Å². The molecule has 0 fully saturated rings. The van der Waals surface area contributed by atoms with Crippen LogP contribution in [0.1, 0.15) is 26.3 Å². The molecule has 0 aliphatic heterocycles. The van der Waals surface area contributed by atoms with Gasteiger partial charge in [-0.25, -0.2) is 9.38 Å². The summed E-state index contributed by atoms with van der Waals surface area (Å²) in [6.07, 6.45) is 4.22. The van der Waals surface area contributed by atoms with Gasteiger partial charge in [-0.3, -0.25) is 15.4 Å². The Morgan fingerprint density at radius 3 is 2.38 bits per heavy atom. The van der Waals surface area contributed by atoms with Crippen molar-refractivity contribution in [1.82, 2.24) is 10.6 Å². The summed E-state index contributed by atoms with van der Waals surface area (Å²) in [5, 5.41) is 11.0. The fourth-order valence-electron chi connectivity index (χ4n) is 2.28. The minimum absolute atomic E-state index is 0.219. The summed E-state index contributed by atoms with van der Waals surface area (Å²) in [6.45, 7) is 9.11. The highest BCUT2D eigenvalue weighted by Gasteiger charge is 2.11. The van der Waals surface area contributed by atoms with Crippen molar-refractivity contribution >= 4 is 12.1 Å². The van der Waals surface area contributed by atoms with Crippen molar-refractivity contribution in [2.24, 2.45) is 16.5 Å². The molecule has 0 aromatic heterocycles. The van der Waals surface area contributed by atoms with Gasteiger partial charge in [-0.15, -0.1) is 5.17 Å². The number of carbonyl (C=O) groups is 1. The van der Waals surface area contributed by atoms with E-state index in [4.69, 9.17) is 11.5 Å². The minimum atomic E-state index is -0.314. The van der Waals surface area contributed by atoms with E-state index >= 15 is 0 Å². The SMILES string of the molecule is C=C(C)C(\C=C/C(C)=C(N)\C(NN(O)CCc1ccc(F)cc1)=C(\C)N)=NC=O. The quantitative estimate of drug-likeness (QED) is 0.207. The third kappa shape index (κ3) is 8.12. The molecule has 0 aliphatic carbocycles. The van der Waals surface area contributed by atoms with Crippen molar-refractivity contribution in [2.45, 2.75) is 27.2 Å². The summed E-state index contributed by atoms with van der Waals surface area (Å²) in [5.41, 5.74) is 18.5. The van der Waals surface area contributed by atoms with E-state index in [0.717, 1.165) is 10.7 Å². The molecule has 0 saturated carbocycles. The molecular formula is C21H28FN5O2. The first-order valence-corrected chi connectivity index (χ1v) is 8.91. The number of carbonyl (C=O) groups excluding carboxylic acids is 1. The van der Waals surface area contributed by atoms with Crippen LogP contribution in [0.5, 0.6) is 0 Å². The van der Waals surface area contributed by atoms with Gasteiger partial charge in [-0.05, 0) is 62.1 Å². The average Bonchev–Trinajstić information content (AvgIpc) is 2.67. The normalized spacial score (nSPS) is 13.9. The Balaban J connectivity index is 2.89. The number of hydrogen-bond donors (Lipinski definition) is 4. The van der Waals surface area contributed by atoms with Crippen molar-refractivity contribution < 1.29 is 14.4 Å². The Morgan fingerprint density at radius 1 is 1.24 bits per heavy atom. The van der Waals surface area contributed by atoms with Crippen molar-refractivity contribution in [3.63, 3.8) is 0 Å². The van der Waals surface area contributed by atoms with Gasteiger partial charge < -0.3 is 11.5 Å². The lowest BCUT2D eigenvalue weighted by molar-refractivity contribution is -0.126. The second-order valence-corrected chi connectivity index (χ2v) is 6.50. The van der Waals surface area contributed by atoms with Gasteiger partial charge in [0, 0.05) is 12.2 Å². The molecule has 8 heteroatoms. The number of nitrogens with one attached hydrogen (secondary N) is 1. The van der Waals surface area contributed by atoms with Gasteiger partial charge in [-0.2, -0.15) is 0 Å². The first kappa shape index (κ1) is 23.8. The van der Waals surface area contributed by atoms with Crippen molar-refractivity contribution in [3.8, 4) is 0 Å². The number of hydroxylamine groups is 1. The summed E-state index contributed by atoms with van der Waals surface area (Å²) in [4.78, 5) is 14.3. The Labute approximate surface area is 170 Å². The number of rotatable bonds is 10. The Bertz CT molecular complexity index is 850. The zero-order chi connectivity index (χ0) is 22.0. The van der Waals surface area contributed by atoms with Gasteiger partial charge >= 0.3 is 0 Å². The van der Waals surface area contributed by atoms with E-state index < -0.39 is 0 Å². The molecule has 0 spiro atoms. The Hall–Kier alpha value is -3.23. The fourth-order valence-corrected chi connectivity index (χ4v) is 2.28. The average molecular weight is 401 g/mol. The molecule has 0 heterocycles. The van der Waals surface area contributed by atoms with Crippen LogP contribution >= 0.6 is 0 Å². The Morgan fingerprint density at radius 2 is 1.86 bits per heavy atom. The van der Waals surface area contributed by atoms with Crippen LogP contribution in [0.3, 0.4) is 0 Å². The van der Waals surface area contributed by atoms with Gasteiger partial charge in [0.05, 0.1) is 17.1 Å². The van der Waals surface area contributed by atoms with E-state index in [2.05, 4.69) is 17.0 Å². The van der Waals surface area contributed by atoms with E-state index in [1.807, 2.05) is 0 Å². The molecule has 0 atom stereocenters. The zero-order valence-corrected chi connectivity index (χ0v) is 16.9. The van der Waals surface area contributed by atoms with Crippen LogP contribution in [0, 0.1) is 5.82 Å². The summed E-state index contributed by atoms with van der Waals surface area (Å²) in [7, 11) is 0. The number of hydrogen-bond acceptors (Lipinski definition) is 6. The van der Waals surface area contributed by atoms with E-state index in [-0.39, 0.29) is 12.4 Å². The molecule has 0 unspecified atom stereocenters. The van der Waals surface area contributed by atoms with Crippen LogP contribution in [0.4, 0.5) is 4.39 Å². The van der Waals surface area contributed by atoms with Crippen molar-refractivity contribution in [1.29, 1.82) is 0 Å². The van der Waals surface area contributed by atoms with Crippen LogP contribution in [-0.2, 0) is 11.2 Å². The van der Waals surface area contributed by atoms with Crippen LogP contribution in [-0.4, -0.2) is 29.0 Å². The molecule has 0 radical (unpaired) electrons. The van der Waals surface area contributed by atoms with E-state index in [1.54, 1.807) is 45.1 Å². The number of halogens is 1. The lowest BCUT2D eigenvalue weighted by Crippen LogP contribution is -2.39. The summed E-state index contributed by atoms with van der Waals surface area (Å²) in [6, 6.07) is 6.03. The molecule has 1 rings (SSSR count). The molecule has 1 amide bonds. The van der Waals surface area contributed by atoms with Crippen LogP contribution < -0.4 is 16.9 Å². The number of nitrogens with zero attached hydrogens (tertiary/aromatic N) is 2. The smallest absolute Gasteiger partial charge is 0.233 e. The molecule has 29 heavy (non-hydrogen) atoms. The molecule has 1 aromatic rings. The molecule has 1 aromatic carbocycles. The lowest BCUT2D eigenvalue weighted by Gasteiger charge is -2.21. The number of benzene rings is 1. The second-order valence-electron chi connectivity index (χ2n) is 6.50. The molecule has 7 nitrogen and oxygen atoms in total. The summed E-state index contributed by atoms with van der Waals surface area (Å²) >= 11 is 0. The molecule has 156 valence electrons. The van der Waals surface area contributed by atoms with Crippen molar-refractivity contribution in [2.75, 3.05) is 6.54 Å². The van der Waals surface area contributed by atoms with Crippen LogP contribution in [0.2, 0.25) is 0 Å². The molecule has 0 saturated heterocycles. The molecule has 0 aliphatic rings. The monoisotopic (exact) mass is 401 g/mol. The third-order valence-corrected chi connectivity index (χ3v) is 3.98. The van der Waals surface area contributed by atoms with E-state index in [1.165, 1.54) is 12.1 Å². The van der Waals surface area contributed by atoms with E-state index in [0.29, 0.717) is 46.8 Å².